The van der Waals surface area contributed by atoms with Gasteiger partial charge in [0.15, 0.2) is 0 Å². The van der Waals surface area contributed by atoms with Gasteiger partial charge in [0.05, 0.1) is 12.5 Å². The summed E-state index contributed by atoms with van der Waals surface area (Å²) < 4.78 is 5.10. The third kappa shape index (κ3) is 6.23. The zero-order chi connectivity index (χ0) is 15.0. The van der Waals surface area contributed by atoms with Crippen LogP contribution in [0.15, 0.2) is 0 Å². The molecule has 1 heterocycles. The molecule has 0 aliphatic carbocycles. The zero-order valence-corrected chi connectivity index (χ0v) is 13.5. The summed E-state index contributed by atoms with van der Waals surface area (Å²) in [5.74, 6) is 0.124. The van der Waals surface area contributed by atoms with Crippen molar-refractivity contribution in [1.29, 1.82) is 0 Å². The number of hydrogen-bond acceptors (Lipinski definition) is 4. The first-order chi connectivity index (χ1) is 9.48. The van der Waals surface area contributed by atoms with E-state index in [1.165, 1.54) is 19.3 Å². The van der Waals surface area contributed by atoms with Crippen LogP contribution in [-0.4, -0.2) is 43.7 Å². The van der Waals surface area contributed by atoms with Gasteiger partial charge in [-0.15, -0.1) is 0 Å². The summed E-state index contributed by atoms with van der Waals surface area (Å²) in [5, 5.41) is 0. The lowest BCUT2D eigenvalue weighted by atomic mass is 9.87. The Bertz CT molecular complexity index is 284. The van der Waals surface area contributed by atoms with E-state index in [4.69, 9.17) is 10.5 Å². The Kier molecular flexibility index (Phi) is 7.52. The Morgan fingerprint density at radius 1 is 1.30 bits per heavy atom. The highest BCUT2D eigenvalue weighted by Gasteiger charge is 2.25. The van der Waals surface area contributed by atoms with Gasteiger partial charge in [0.2, 0.25) is 0 Å². The molecule has 0 saturated carbocycles. The van der Waals surface area contributed by atoms with Crippen molar-refractivity contribution in [1.82, 2.24) is 4.90 Å². The number of rotatable bonds is 8. The van der Waals surface area contributed by atoms with E-state index < -0.39 is 0 Å². The van der Waals surface area contributed by atoms with Crippen LogP contribution in [-0.2, 0) is 9.53 Å². The molecule has 0 spiro atoms. The van der Waals surface area contributed by atoms with E-state index in [9.17, 15) is 4.79 Å². The molecule has 20 heavy (non-hydrogen) atoms. The van der Waals surface area contributed by atoms with E-state index in [-0.39, 0.29) is 17.3 Å². The molecule has 0 aromatic carbocycles. The molecule has 0 atom stereocenters. The molecule has 1 rings (SSSR count). The first kappa shape index (κ1) is 17.4. The summed E-state index contributed by atoms with van der Waals surface area (Å²) in [6, 6.07) is 0. The molecule has 1 fully saturated rings. The second-order valence-corrected chi connectivity index (χ2v) is 6.69. The molecule has 4 nitrogen and oxygen atoms in total. The number of ether oxygens (including phenoxy) is 1. The van der Waals surface area contributed by atoms with Crippen molar-refractivity contribution >= 4 is 5.97 Å². The van der Waals surface area contributed by atoms with E-state index in [1.54, 1.807) is 0 Å². The number of esters is 1. The van der Waals surface area contributed by atoms with Gasteiger partial charge in [0.25, 0.3) is 0 Å². The van der Waals surface area contributed by atoms with Crippen LogP contribution in [0.2, 0.25) is 0 Å². The molecule has 0 unspecified atom stereocenters. The molecule has 4 heteroatoms. The molecular weight excluding hydrogens is 252 g/mol. The molecule has 1 saturated heterocycles. The topological polar surface area (TPSA) is 55.6 Å². The highest BCUT2D eigenvalue weighted by atomic mass is 16.5. The number of nitrogens with zero attached hydrogens (tertiary/aromatic N) is 1. The number of unbranched alkanes of at least 4 members (excludes halogenated alkanes) is 1. The fourth-order valence-corrected chi connectivity index (χ4v) is 2.69. The Morgan fingerprint density at radius 3 is 2.50 bits per heavy atom. The lowest BCUT2D eigenvalue weighted by molar-refractivity contribution is -0.149. The van der Waals surface area contributed by atoms with Gasteiger partial charge in [-0.05, 0) is 64.2 Å². The summed E-state index contributed by atoms with van der Waals surface area (Å²) >= 11 is 0. The predicted molar refractivity (Wildman–Crippen MR) is 82.5 cm³/mol. The standard InChI is InChI=1S/C16H32N2O2/c1-4-20-15(19)14-7-11-18(12-8-14)10-6-5-9-16(2,3)13-17/h14H,4-13,17H2,1-3H3. The second-order valence-electron chi connectivity index (χ2n) is 6.69. The third-order valence-corrected chi connectivity index (χ3v) is 4.34. The minimum absolute atomic E-state index is 0.00292. The highest BCUT2D eigenvalue weighted by molar-refractivity contribution is 5.72. The Balaban J connectivity index is 2.12. The maximum Gasteiger partial charge on any atom is 0.309 e. The van der Waals surface area contributed by atoms with Crippen LogP contribution >= 0.6 is 0 Å². The van der Waals surface area contributed by atoms with Gasteiger partial charge in [-0.1, -0.05) is 20.3 Å². The van der Waals surface area contributed by atoms with Crippen LogP contribution < -0.4 is 5.73 Å². The monoisotopic (exact) mass is 284 g/mol. The molecule has 1 aliphatic heterocycles. The smallest absolute Gasteiger partial charge is 0.309 e. The Labute approximate surface area is 124 Å². The molecule has 0 bridgehead atoms. The lowest BCUT2D eigenvalue weighted by Gasteiger charge is -2.31. The van der Waals surface area contributed by atoms with Gasteiger partial charge < -0.3 is 15.4 Å². The fourth-order valence-electron chi connectivity index (χ4n) is 2.69. The molecule has 2 N–H and O–H groups in total. The van der Waals surface area contributed by atoms with E-state index in [1.807, 2.05) is 6.92 Å². The average molecular weight is 284 g/mol. The molecule has 0 radical (unpaired) electrons. The molecular formula is C16H32N2O2. The lowest BCUT2D eigenvalue weighted by Crippen LogP contribution is -2.37. The number of piperidine rings is 1. The van der Waals surface area contributed by atoms with Gasteiger partial charge in [0.1, 0.15) is 0 Å². The van der Waals surface area contributed by atoms with Gasteiger partial charge in [0, 0.05) is 0 Å². The summed E-state index contributed by atoms with van der Waals surface area (Å²) in [4.78, 5) is 14.1. The first-order valence-corrected chi connectivity index (χ1v) is 8.07. The van der Waals surface area contributed by atoms with E-state index in [2.05, 4.69) is 18.7 Å². The van der Waals surface area contributed by atoms with Gasteiger partial charge in [-0.3, -0.25) is 4.79 Å². The van der Waals surface area contributed by atoms with Crippen molar-refractivity contribution in [2.75, 3.05) is 32.8 Å². The Hall–Kier alpha value is -0.610. The molecule has 1 aliphatic rings. The first-order valence-electron chi connectivity index (χ1n) is 8.07. The minimum atomic E-state index is -0.00292. The van der Waals surface area contributed by atoms with Crippen LogP contribution in [0.1, 0.15) is 52.9 Å². The second kappa shape index (κ2) is 8.63. The zero-order valence-electron chi connectivity index (χ0n) is 13.5. The van der Waals surface area contributed by atoms with Crippen LogP contribution in [0.3, 0.4) is 0 Å². The minimum Gasteiger partial charge on any atom is -0.466 e. The Morgan fingerprint density at radius 2 is 1.95 bits per heavy atom. The largest absolute Gasteiger partial charge is 0.466 e. The van der Waals surface area contributed by atoms with Crippen molar-refractivity contribution in [3.63, 3.8) is 0 Å². The number of carbonyl (C=O) groups is 1. The van der Waals surface area contributed by atoms with Crippen molar-refractivity contribution in [3.05, 3.63) is 0 Å². The van der Waals surface area contributed by atoms with Gasteiger partial charge in [-0.2, -0.15) is 0 Å². The van der Waals surface area contributed by atoms with Crippen molar-refractivity contribution in [2.45, 2.75) is 52.9 Å². The highest BCUT2D eigenvalue weighted by Crippen LogP contribution is 2.22. The molecule has 0 aromatic rings. The molecule has 0 amide bonds. The number of likely N-dealkylation sites (tertiary alicyclic amines) is 1. The number of carbonyl (C=O) groups excluding carboxylic acids is 1. The summed E-state index contributed by atoms with van der Waals surface area (Å²) in [5.41, 5.74) is 6.02. The summed E-state index contributed by atoms with van der Waals surface area (Å²) in [6.07, 6.45) is 5.57. The van der Waals surface area contributed by atoms with Crippen LogP contribution in [0.5, 0.6) is 0 Å². The number of nitrogens with two attached hydrogens (primary N) is 1. The summed E-state index contributed by atoms with van der Waals surface area (Å²) in [6.45, 7) is 10.8. The maximum atomic E-state index is 11.7. The summed E-state index contributed by atoms with van der Waals surface area (Å²) in [7, 11) is 0. The van der Waals surface area contributed by atoms with E-state index in [0.29, 0.717) is 6.61 Å². The van der Waals surface area contributed by atoms with Gasteiger partial charge >= 0.3 is 5.97 Å². The average Bonchev–Trinajstić information content (AvgIpc) is 2.44. The van der Waals surface area contributed by atoms with E-state index in [0.717, 1.165) is 39.0 Å². The SMILES string of the molecule is CCOC(=O)C1CCN(CCCCC(C)(C)CN)CC1. The van der Waals surface area contributed by atoms with Crippen molar-refractivity contribution in [3.8, 4) is 0 Å². The predicted octanol–water partition coefficient (Wildman–Crippen LogP) is 2.42. The van der Waals surface area contributed by atoms with Crippen molar-refractivity contribution < 1.29 is 9.53 Å². The van der Waals surface area contributed by atoms with Crippen LogP contribution in [0, 0.1) is 11.3 Å². The van der Waals surface area contributed by atoms with Crippen LogP contribution in [0.4, 0.5) is 0 Å². The maximum absolute atomic E-state index is 11.7. The molecule has 118 valence electrons. The quantitative estimate of drug-likeness (QED) is 0.549. The molecule has 0 aromatic heterocycles. The number of hydrogen-bond donors (Lipinski definition) is 1. The van der Waals surface area contributed by atoms with Gasteiger partial charge in [-0.25, -0.2) is 0 Å². The van der Waals surface area contributed by atoms with E-state index >= 15 is 0 Å². The third-order valence-electron chi connectivity index (χ3n) is 4.34. The normalized spacial score (nSPS) is 18.2. The fraction of sp³-hybridized carbons (Fsp3) is 0.938. The van der Waals surface area contributed by atoms with Crippen LogP contribution in [0.25, 0.3) is 0 Å². The van der Waals surface area contributed by atoms with Crippen molar-refractivity contribution in [2.24, 2.45) is 17.1 Å².